The first-order chi connectivity index (χ1) is 7.72. The fourth-order valence-corrected chi connectivity index (χ4v) is 0.552. The highest BCUT2D eigenvalue weighted by atomic mass is 16.2. The fourth-order valence-electron chi connectivity index (χ4n) is 0.552. The summed E-state index contributed by atoms with van der Waals surface area (Å²) in [6, 6.07) is 0. The molecule has 0 atom stereocenters. The molecule has 0 aromatic heterocycles. The summed E-state index contributed by atoms with van der Waals surface area (Å²) < 4.78 is 0. The first-order valence-corrected chi connectivity index (χ1v) is 4.61. The van der Waals surface area contributed by atoms with Crippen molar-refractivity contribution in [2.45, 2.75) is 13.8 Å². The zero-order valence-corrected chi connectivity index (χ0v) is 9.18. The quantitative estimate of drug-likeness (QED) is 0.408. The summed E-state index contributed by atoms with van der Waals surface area (Å²) in [5.74, 6) is -1.75. The Morgan fingerprint density at radius 1 is 0.875 bits per heavy atom. The molecular weight excluding hydrogens is 208 g/mol. The van der Waals surface area contributed by atoms with Gasteiger partial charge in [-0.05, 0) is 26.0 Å². The second-order valence-corrected chi connectivity index (χ2v) is 2.49. The molecule has 0 radical (unpaired) electrons. The van der Waals surface area contributed by atoms with Gasteiger partial charge in [-0.3, -0.25) is 9.59 Å². The molecule has 0 aromatic rings. The Bertz CT molecular complexity index is 309. The molecule has 6 nitrogen and oxygen atoms in total. The molecule has 2 amide bonds. The summed E-state index contributed by atoms with van der Waals surface area (Å²) >= 11 is 0. The minimum absolute atomic E-state index is 0.876. The number of hydrazone groups is 2. The highest BCUT2D eigenvalue weighted by Crippen LogP contribution is 1.71. The zero-order chi connectivity index (χ0) is 12.2. The third-order valence-corrected chi connectivity index (χ3v) is 1.24. The standard InChI is InChI=1S/C10H14N4O2/c1-3-5-7-11-13-9(15)10(16)14-12-8-6-4-2/h3-8H,1-2H3,(H,13,15)(H,14,16)/b5-3-,6-4+,11-7+,12-8+. The van der Waals surface area contributed by atoms with Crippen molar-refractivity contribution in [3.05, 3.63) is 24.3 Å². The molecule has 0 saturated carbocycles. The first-order valence-electron chi connectivity index (χ1n) is 4.61. The third kappa shape index (κ3) is 7.19. The number of rotatable bonds is 4. The largest absolute Gasteiger partial charge is 0.331 e. The number of nitrogens with one attached hydrogen (secondary N) is 2. The molecule has 0 unspecified atom stereocenters. The second-order valence-electron chi connectivity index (χ2n) is 2.49. The van der Waals surface area contributed by atoms with E-state index in [1.54, 1.807) is 38.2 Å². The average Bonchev–Trinajstić information content (AvgIpc) is 2.29. The molecule has 0 rings (SSSR count). The van der Waals surface area contributed by atoms with E-state index in [0.29, 0.717) is 0 Å². The van der Waals surface area contributed by atoms with Gasteiger partial charge < -0.3 is 0 Å². The van der Waals surface area contributed by atoms with Gasteiger partial charge in [0.2, 0.25) is 0 Å². The summed E-state index contributed by atoms with van der Waals surface area (Å²) in [4.78, 5) is 22.0. The maximum absolute atomic E-state index is 11.0. The van der Waals surface area contributed by atoms with Crippen molar-refractivity contribution < 1.29 is 9.59 Å². The molecule has 16 heavy (non-hydrogen) atoms. The van der Waals surface area contributed by atoms with Crippen LogP contribution in [0.15, 0.2) is 34.5 Å². The fraction of sp³-hybridized carbons (Fsp3) is 0.200. The SMILES string of the molecule is C/C=C\C=N\NC(=O)C(=O)N/N=C/C=C/C. The molecule has 6 heteroatoms. The van der Waals surface area contributed by atoms with E-state index in [9.17, 15) is 9.59 Å². The van der Waals surface area contributed by atoms with Gasteiger partial charge in [0.05, 0.1) is 0 Å². The van der Waals surface area contributed by atoms with Crippen LogP contribution in [0, 0.1) is 0 Å². The lowest BCUT2D eigenvalue weighted by molar-refractivity contribution is -0.139. The number of allylic oxidation sites excluding steroid dienone is 4. The molecule has 0 aliphatic heterocycles. The van der Waals surface area contributed by atoms with Gasteiger partial charge in [0.1, 0.15) is 0 Å². The lowest BCUT2D eigenvalue weighted by atomic mass is 10.6. The van der Waals surface area contributed by atoms with Crippen LogP contribution in [0.4, 0.5) is 0 Å². The molecule has 0 aliphatic rings. The summed E-state index contributed by atoms with van der Waals surface area (Å²) in [5.41, 5.74) is 4.07. The molecule has 0 bridgehead atoms. The van der Waals surface area contributed by atoms with Gasteiger partial charge in [0.25, 0.3) is 0 Å². The van der Waals surface area contributed by atoms with Gasteiger partial charge in [0.15, 0.2) is 0 Å². The van der Waals surface area contributed by atoms with Gasteiger partial charge >= 0.3 is 11.8 Å². The Hall–Kier alpha value is -2.24. The van der Waals surface area contributed by atoms with Crippen molar-refractivity contribution in [3.8, 4) is 0 Å². The Labute approximate surface area is 93.8 Å². The highest BCUT2D eigenvalue weighted by Gasteiger charge is 2.10. The van der Waals surface area contributed by atoms with Crippen molar-refractivity contribution in [3.63, 3.8) is 0 Å². The molecule has 0 saturated heterocycles. The number of carbonyl (C=O) groups excluding carboxylic acids is 2. The Balaban J connectivity index is 3.95. The van der Waals surface area contributed by atoms with Crippen LogP contribution < -0.4 is 10.9 Å². The predicted octanol–water partition coefficient (Wildman–Crippen LogP) is 0.343. The number of hydrogen-bond donors (Lipinski definition) is 2. The minimum atomic E-state index is -0.876. The van der Waals surface area contributed by atoms with Crippen molar-refractivity contribution in [2.75, 3.05) is 0 Å². The van der Waals surface area contributed by atoms with Gasteiger partial charge in [0, 0.05) is 12.4 Å². The monoisotopic (exact) mass is 222 g/mol. The van der Waals surface area contributed by atoms with Crippen LogP contribution in [0.3, 0.4) is 0 Å². The molecule has 0 spiro atoms. The van der Waals surface area contributed by atoms with Gasteiger partial charge in [-0.25, -0.2) is 10.9 Å². The molecule has 0 fully saturated rings. The van der Waals surface area contributed by atoms with E-state index in [1.807, 2.05) is 10.9 Å². The van der Waals surface area contributed by atoms with E-state index < -0.39 is 11.8 Å². The summed E-state index contributed by atoms with van der Waals surface area (Å²) in [7, 11) is 0. The van der Waals surface area contributed by atoms with E-state index in [2.05, 4.69) is 10.2 Å². The Morgan fingerprint density at radius 2 is 1.25 bits per heavy atom. The molecule has 86 valence electrons. The van der Waals surface area contributed by atoms with E-state index in [0.717, 1.165) is 0 Å². The summed E-state index contributed by atoms with van der Waals surface area (Å²) in [5, 5.41) is 6.98. The second kappa shape index (κ2) is 9.32. The topological polar surface area (TPSA) is 82.9 Å². The third-order valence-electron chi connectivity index (χ3n) is 1.24. The van der Waals surface area contributed by atoms with Crippen LogP contribution in [0.5, 0.6) is 0 Å². The zero-order valence-electron chi connectivity index (χ0n) is 9.18. The molecule has 0 heterocycles. The van der Waals surface area contributed by atoms with Crippen molar-refractivity contribution >= 4 is 24.2 Å². The van der Waals surface area contributed by atoms with Crippen LogP contribution in [0.1, 0.15) is 13.8 Å². The van der Waals surface area contributed by atoms with Crippen LogP contribution in [-0.2, 0) is 9.59 Å². The van der Waals surface area contributed by atoms with Gasteiger partial charge in [-0.15, -0.1) is 0 Å². The number of nitrogens with zero attached hydrogens (tertiary/aromatic N) is 2. The van der Waals surface area contributed by atoms with E-state index in [4.69, 9.17) is 0 Å². The lowest BCUT2D eigenvalue weighted by Gasteiger charge is -1.96. The van der Waals surface area contributed by atoms with Gasteiger partial charge in [-0.1, -0.05) is 12.2 Å². The normalized spacial score (nSPS) is 11.9. The maximum Gasteiger partial charge on any atom is 0.331 e. The minimum Gasteiger partial charge on any atom is -0.262 e. The number of carbonyl (C=O) groups is 2. The molecule has 0 aromatic carbocycles. The van der Waals surface area contributed by atoms with Crippen molar-refractivity contribution in [1.82, 2.24) is 10.9 Å². The summed E-state index contributed by atoms with van der Waals surface area (Å²) in [6.07, 6.45) is 9.40. The lowest BCUT2D eigenvalue weighted by Crippen LogP contribution is -2.35. The Morgan fingerprint density at radius 3 is 1.56 bits per heavy atom. The average molecular weight is 222 g/mol. The smallest absolute Gasteiger partial charge is 0.262 e. The number of amides is 2. The Kier molecular flexibility index (Phi) is 8.02. The maximum atomic E-state index is 11.0. The molecule has 2 N–H and O–H groups in total. The van der Waals surface area contributed by atoms with Crippen LogP contribution in [0.2, 0.25) is 0 Å². The van der Waals surface area contributed by atoms with E-state index in [1.165, 1.54) is 12.4 Å². The van der Waals surface area contributed by atoms with Crippen LogP contribution in [0.25, 0.3) is 0 Å². The highest BCUT2D eigenvalue weighted by molar-refractivity contribution is 6.35. The van der Waals surface area contributed by atoms with E-state index in [-0.39, 0.29) is 0 Å². The summed E-state index contributed by atoms with van der Waals surface area (Å²) in [6.45, 7) is 3.60. The van der Waals surface area contributed by atoms with E-state index >= 15 is 0 Å². The van der Waals surface area contributed by atoms with Crippen LogP contribution in [-0.4, -0.2) is 24.2 Å². The predicted molar refractivity (Wildman–Crippen MR) is 62.9 cm³/mol. The molecule has 0 aliphatic carbocycles. The van der Waals surface area contributed by atoms with Crippen LogP contribution >= 0.6 is 0 Å². The van der Waals surface area contributed by atoms with Crippen molar-refractivity contribution in [2.24, 2.45) is 10.2 Å². The van der Waals surface area contributed by atoms with Gasteiger partial charge in [-0.2, -0.15) is 10.2 Å². The first kappa shape index (κ1) is 13.8. The van der Waals surface area contributed by atoms with Crippen molar-refractivity contribution in [1.29, 1.82) is 0 Å². The molecular formula is C10H14N4O2. The number of hydrogen-bond acceptors (Lipinski definition) is 4.